The minimum atomic E-state index is -3.78. The van der Waals surface area contributed by atoms with E-state index >= 15 is 0 Å². The van der Waals surface area contributed by atoms with Crippen LogP contribution in [0.3, 0.4) is 0 Å². The summed E-state index contributed by atoms with van der Waals surface area (Å²) in [7, 11) is -3.78. The SMILES string of the molecule is CCNS(=O)(=O)Nc1cccc(F)c1C(=N)N. The number of nitrogen functional groups attached to an aromatic ring is 1. The lowest BCUT2D eigenvalue weighted by molar-refractivity contribution is 0.589. The second-order valence-electron chi connectivity index (χ2n) is 3.18. The summed E-state index contributed by atoms with van der Waals surface area (Å²) in [6.07, 6.45) is 0. The van der Waals surface area contributed by atoms with Crippen molar-refractivity contribution in [2.24, 2.45) is 5.73 Å². The summed E-state index contributed by atoms with van der Waals surface area (Å²) in [4.78, 5) is 0. The predicted octanol–water partition coefficient (Wildman–Crippen LogP) is 0.376. The van der Waals surface area contributed by atoms with Crippen LogP contribution in [0.25, 0.3) is 0 Å². The number of benzene rings is 1. The quantitative estimate of drug-likeness (QED) is 0.454. The fourth-order valence-corrected chi connectivity index (χ4v) is 2.17. The van der Waals surface area contributed by atoms with Crippen LogP contribution in [0.1, 0.15) is 12.5 Å². The molecule has 1 rings (SSSR count). The minimum absolute atomic E-state index is 0.0709. The third-order valence-electron chi connectivity index (χ3n) is 1.86. The molecular weight excluding hydrogens is 247 g/mol. The molecule has 0 atom stereocenters. The first-order valence-corrected chi connectivity index (χ1v) is 6.26. The van der Waals surface area contributed by atoms with E-state index in [2.05, 4.69) is 9.44 Å². The highest BCUT2D eigenvalue weighted by Gasteiger charge is 2.15. The molecule has 17 heavy (non-hydrogen) atoms. The Morgan fingerprint density at radius 1 is 1.53 bits per heavy atom. The number of amidine groups is 1. The van der Waals surface area contributed by atoms with Gasteiger partial charge in [0.15, 0.2) is 0 Å². The van der Waals surface area contributed by atoms with E-state index in [1.54, 1.807) is 6.92 Å². The van der Waals surface area contributed by atoms with Gasteiger partial charge in [0.05, 0.1) is 11.3 Å². The molecule has 0 spiro atoms. The van der Waals surface area contributed by atoms with Gasteiger partial charge in [-0.25, -0.2) is 4.39 Å². The second kappa shape index (κ2) is 5.11. The van der Waals surface area contributed by atoms with Crippen molar-refractivity contribution in [3.05, 3.63) is 29.6 Å². The Bertz CT molecular complexity index is 530. The number of halogens is 1. The van der Waals surface area contributed by atoms with Gasteiger partial charge in [0, 0.05) is 6.54 Å². The van der Waals surface area contributed by atoms with Crippen LogP contribution in [0, 0.1) is 11.2 Å². The third kappa shape index (κ3) is 3.40. The zero-order valence-electron chi connectivity index (χ0n) is 9.12. The Labute approximate surface area is 98.7 Å². The fourth-order valence-electron chi connectivity index (χ4n) is 1.25. The van der Waals surface area contributed by atoms with Gasteiger partial charge in [0.1, 0.15) is 11.7 Å². The maximum atomic E-state index is 13.4. The largest absolute Gasteiger partial charge is 0.384 e. The molecule has 0 aliphatic rings. The van der Waals surface area contributed by atoms with Crippen molar-refractivity contribution >= 4 is 21.7 Å². The molecule has 0 saturated carbocycles. The maximum absolute atomic E-state index is 13.4. The molecule has 0 aliphatic carbocycles. The third-order valence-corrected chi connectivity index (χ3v) is 3.02. The molecule has 0 saturated heterocycles. The lowest BCUT2D eigenvalue weighted by atomic mass is 10.1. The molecule has 5 N–H and O–H groups in total. The molecule has 0 aliphatic heterocycles. The van der Waals surface area contributed by atoms with Crippen LogP contribution in [0.2, 0.25) is 0 Å². The molecule has 0 heterocycles. The molecule has 0 unspecified atom stereocenters. The Morgan fingerprint density at radius 2 is 2.18 bits per heavy atom. The summed E-state index contributed by atoms with van der Waals surface area (Å²) in [5.41, 5.74) is 4.86. The van der Waals surface area contributed by atoms with Crippen LogP contribution in [0.5, 0.6) is 0 Å². The molecule has 8 heteroatoms. The van der Waals surface area contributed by atoms with Gasteiger partial charge in [-0.15, -0.1) is 0 Å². The molecule has 1 aromatic carbocycles. The van der Waals surface area contributed by atoms with Crippen LogP contribution >= 0.6 is 0 Å². The van der Waals surface area contributed by atoms with Crippen LogP contribution in [-0.2, 0) is 10.2 Å². The Balaban J connectivity index is 3.16. The first-order chi connectivity index (χ1) is 7.87. The summed E-state index contributed by atoms with van der Waals surface area (Å²) >= 11 is 0. The summed E-state index contributed by atoms with van der Waals surface area (Å²) in [5.74, 6) is -1.30. The summed E-state index contributed by atoms with van der Waals surface area (Å²) in [5, 5.41) is 7.21. The summed E-state index contributed by atoms with van der Waals surface area (Å²) in [6, 6.07) is 3.75. The standard InChI is InChI=1S/C9H13FN4O2S/c1-2-13-17(15,16)14-7-5-3-4-6(10)8(7)9(11)12/h3-5,13-14H,2H2,1H3,(H3,11,12). The van der Waals surface area contributed by atoms with Crippen molar-refractivity contribution in [2.75, 3.05) is 11.3 Å². The number of anilines is 1. The number of rotatable bonds is 5. The number of nitrogens with two attached hydrogens (primary N) is 1. The average molecular weight is 260 g/mol. The van der Waals surface area contributed by atoms with Crippen molar-refractivity contribution < 1.29 is 12.8 Å². The van der Waals surface area contributed by atoms with Gasteiger partial charge in [0.2, 0.25) is 0 Å². The van der Waals surface area contributed by atoms with E-state index in [0.29, 0.717) is 0 Å². The predicted molar refractivity (Wildman–Crippen MR) is 63.6 cm³/mol. The van der Waals surface area contributed by atoms with E-state index in [0.717, 1.165) is 6.07 Å². The van der Waals surface area contributed by atoms with E-state index in [9.17, 15) is 12.8 Å². The molecule has 94 valence electrons. The van der Waals surface area contributed by atoms with Gasteiger partial charge in [-0.2, -0.15) is 13.1 Å². The fraction of sp³-hybridized carbons (Fsp3) is 0.222. The van der Waals surface area contributed by atoms with Crippen molar-refractivity contribution in [2.45, 2.75) is 6.92 Å². The molecule has 1 aromatic rings. The summed E-state index contributed by atoms with van der Waals surface area (Å²) < 4.78 is 40.5. The van der Waals surface area contributed by atoms with Crippen molar-refractivity contribution in [3.63, 3.8) is 0 Å². The van der Waals surface area contributed by atoms with Gasteiger partial charge in [-0.3, -0.25) is 10.1 Å². The number of hydrogen-bond acceptors (Lipinski definition) is 3. The van der Waals surface area contributed by atoms with E-state index in [1.807, 2.05) is 0 Å². The van der Waals surface area contributed by atoms with Crippen LogP contribution in [0.4, 0.5) is 10.1 Å². The van der Waals surface area contributed by atoms with Crippen molar-refractivity contribution in [1.82, 2.24) is 4.72 Å². The van der Waals surface area contributed by atoms with Crippen LogP contribution in [-0.4, -0.2) is 20.8 Å². The van der Waals surface area contributed by atoms with E-state index in [4.69, 9.17) is 11.1 Å². The molecule has 0 radical (unpaired) electrons. The van der Waals surface area contributed by atoms with E-state index < -0.39 is 21.9 Å². The monoisotopic (exact) mass is 260 g/mol. The number of hydrogen-bond donors (Lipinski definition) is 4. The normalized spacial score (nSPS) is 11.2. The highest BCUT2D eigenvalue weighted by molar-refractivity contribution is 7.90. The lowest BCUT2D eigenvalue weighted by Crippen LogP contribution is -2.31. The minimum Gasteiger partial charge on any atom is -0.384 e. The zero-order chi connectivity index (χ0) is 13.1. The van der Waals surface area contributed by atoms with Gasteiger partial charge >= 0.3 is 0 Å². The summed E-state index contributed by atoms with van der Waals surface area (Å²) in [6.45, 7) is 1.80. The smallest absolute Gasteiger partial charge is 0.299 e. The topological polar surface area (TPSA) is 108 Å². The Kier molecular flexibility index (Phi) is 4.02. The lowest BCUT2D eigenvalue weighted by Gasteiger charge is -2.12. The molecular formula is C9H13FN4O2S. The Morgan fingerprint density at radius 3 is 2.71 bits per heavy atom. The Hall–Kier alpha value is -1.67. The average Bonchev–Trinajstić information content (AvgIpc) is 2.15. The number of nitrogens with one attached hydrogen (secondary N) is 3. The van der Waals surface area contributed by atoms with Crippen LogP contribution < -0.4 is 15.2 Å². The maximum Gasteiger partial charge on any atom is 0.299 e. The molecule has 6 nitrogen and oxygen atoms in total. The molecule has 0 bridgehead atoms. The van der Waals surface area contributed by atoms with Crippen LogP contribution in [0.15, 0.2) is 18.2 Å². The molecule has 0 aromatic heterocycles. The van der Waals surface area contributed by atoms with Gasteiger partial charge in [-0.05, 0) is 12.1 Å². The first-order valence-electron chi connectivity index (χ1n) is 4.77. The van der Waals surface area contributed by atoms with Gasteiger partial charge < -0.3 is 5.73 Å². The van der Waals surface area contributed by atoms with Gasteiger partial charge in [0.25, 0.3) is 10.2 Å². The first kappa shape index (κ1) is 13.4. The highest BCUT2D eigenvalue weighted by Crippen LogP contribution is 2.19. The van der Waals surface area contributed by atoms with E-state index in [-0.39, 0.29) is 17.8 Å². The van der Waals surface area contributed by atoms with Gasteiger partial charge in [-0.1, -0.05) is 13.0 Å². The highest BCUT2D eigenvalue weighted by atomic mass is 32.2. The molecule has 0 fully saturated rings. The second-order valence-corrected chi connectivity index (χ2v) is 4.68. The molecule has 0 amide bonds. The van der Waals surface area contributed by atoms with E-state index in [1.165, 1.54) is 12.1 Å². The van der Waals surface area contributed by atoms with Crippen molar-refractivity contribution in [3.8, 4) is 0 Å². The van der Waals surface area contributed by atoms with Crippen molar-refractivity contribution in [1.29, 1.82) is 5.41 Å². The zero-order valence-corrected chi connectivity index (χ0v) is 9.94.